The van der Waals surface area contributed by atoms with Gasteiger partial charge in [0.2, 0.25) is 5.91 Å². The number of fused-ring (bicyclic) bond motifs is 1. The van der Waals surface area contributed by atoms with Crippen molar-refractivity contribution in [3.8, 4) is 5.75 Å². The average molecular weight is 496 g/mol. The number of rotatable bonds is 5. The summed E-state index contributed by atoms with van der Waals surface area (Å²) in [6, 6.07) is 6.53. The van der Waals surface area contributed by atoms with Gasteiger partial charge in [-0.2, -0.15) is 0 Å². The van der Waals surface area contributed by atoms with Crippen molar-refractivity contribution in [2.24, 2.45) is 5.41 Å². The molecule has 1 aromatic carbocycles. The fourth-order valence-corrected chi connectivity index (χ4v) is 5.07. The lowest BCUT2D eigenvalue weighted by atomic mass is 9.91. The minimum Gasteiger partial charge on any atom is -0.495 e. The van der Waals surface area contributed by atoms with Gasteiger partial charge in [-0.3, -0.25) is 14.5 Å². The number of sulfonamides is 1. The van der Waals surface area contributed by atoms with Gasteiger partial charge in [-0.1, -0.05) is 36.7 Å². The van der Waals surface area contributed by atoms with E-state index in [1.165, 1.54) is 19.4 Å². The Morgan fingerprint density at radius 1 is 1.30 bits per heavy atom. The van der Waals surface area contributed by atoms with Crippen LogP contribution in [-0.4, -0.2) is 37.9 Å². The van der Waals surface area contributed by atoms with Gasteiger partial charge in [0.05, 0.1) is 19.0 Å². The first kappa shape index (κ1) is 22.6. The van der Waals surface area contributed by atoms with Gasteiger partial charge in [0, 0.05) is 36.1 Å². The van der Waals surface area contributed by atoms with Crippen LogP contribution in [0.2, 0.25) is 0 Å². The molecule has 0 saturated heterocycles. The summed E-state index contributed by atoms with van der Waals surface area (Å²) in [4.78, 5) is 18.9. The normalized spacial score (nSPS) is 14.2. The maximum absolute atomic E-state index is 12.9. The number of pyridine rings is 1. The fraction of sp³-hybridized carbons (Fsp3) is 0.429. The van der Waals surface area contributed by atoms with Crippen LogP contribution < -0.4 is 9.46 Å². The number of methoxy groups -OCH3 is 1. The van der Waals surface area contributed by atoms with E-state index >= 15 is 0 Å². The Kier molecular flexibility index (Phi) is 6.43. The van der Waals surface area contributed by atoms with Crippen molar-refractivity contribution in [3.63, 3.8) is 0 Å². The number of halogens is 1. The van der Waals surface area contributed by atoms with E-state index in [1.54, 1.807) is 18.2 Å². The average Bonchev–Trinajstić information content (AvgIpc) is 2.65. The Morgan fingerprint density at radius 2 is 2.03 bits per heavy atom. The smallest absolute Gasteiger partial charge is 0.265 e. The third-order valence-corrected chi connectivity index (χ3v) is 6.64. The molecule has 0 fully saturated rings. The van der Waals surface area contributed by atoms with E-state index in [0.29, 0.717) is 36.1 Å². The molecule has 0 radical (unpaired) electrons. The van der Waals surface area contributed by atoms with E-state index in [1.807, 2.05) is 25.7 Å². The summed E-state index contributed by atoms with van der Waals surface area (Å²) in [6.45, 7) is 7.15. The summed E-state index contributed by atoms with van der Waals surface area (Å²) in [7, 11) is -2.46. The van der Waals surface area contributed by atoms with Crippen LogP contribution in [0, 0.1) is 5.41 Å². The fourth-order valence-electron chi connectivity index (χ4n) is 3.33. The highest BCUT2D eigenvalue weighted by Gasteiger charge is 2.26. The number of carbonyl (C=O) groups excluding carboxylic acids is 1. The van der Waals surface area contributed by atoms with Crippen LogP contribution in [0.4, 0.5) is 5.69 Å². The lowest BCUT2D eigenvalue weighted by molar-refractivity contribution is -0.134. The lowest BCUT2D eigenvalue weighted by Crippen LogP contribution is -2.38. The summed E-state index contributed by atoms with van der Waals surface area (Å²) >= 11 is 3.30. The molecule has 0 aliphatic carbocycles. The summed E-state index contributed by atoms with van der Waals surface area (Å²) in [5.74, 6) is 0.341. The maximum Gasteiger partial charge on any atom is 0.265 e. The van der Waals surface area contributed by atoms with Crippen molar-refractivity contribution in [3.05, 3.63) is 46.2 Å². The number of aromatic nitrogens is 1. The third-order valence-electron chi connectivity index (χ3n) is 4.74. The summed E-state index contributed by atoms with van der Waals surface area (Å²) in [5, 5.41) is 0. The van der Waals surface area contributed by atoms with Crippen LogP contribution in [-0.2, 0) is 27.8 Å². The second-order valence-corrected chi connectivity index (χ2v) is 11.1. The Labute approximate surface area is 186 Å². The predicted molar refractivity (Wildman–Crippen MR) is 119 cm³/mol. The van der Waals surface area contributed by atoms with Gasteiger partial charge in [0.1, 0.15) is 10.6 Å². The van der Waals surface area contributed by atoms with Crippen molar-refractivity contribution >= 4 is 37.5 Å². The molecule has 2 aromatic rings. The highest BCUT2D eigenvalue weighted by Crippen LogP contribution is 2.30. The molecule has 1 amide bonds. The zero-order valence-corrected chi connectivity index (χ0v) is 19.9. The van der Waals surface area contributed by atoms with Gasteiger partial charge in [0.15, 0.2) is 0 Å². The van der Waals surface area contributed by atoms with Crippen molar-refractivity contribution in [1.29, 1.82) is 0 Å². The zero-order chi connectivity index (χ0) is 22.1. The monoisotopic (exact) mass is 495 g/mol. The minimum absolute atomic E-state index is 0.0269. The minimum atomic E-state index is -3.88. The van der Waals surface area contributed by atoms with Crippen LogP contribution >= 0.6 is 15.9 Å². The third kappa shape index (κ3) is 5.31. The summed E-state index contributed by atoms with van der Waals surface area (Å²) < 4.78 is 34.2. The van der Waals surface area contributed by atoms with E-state index in [0.717, 1.165) is 11.3 Å². The molecular weight excluding hydrogens is 470 g/mol. The van der Waals surface area contributed by atoms with Crippen molar-refractivity contribution in [1.82, 2.24) is 9.88 Å². The Hall–Kier alpha value is -2.13. The van der Waals surface area contributed by atoms with Gasteiger partial charge in [-0.15, -0.1) is 0 Å². The lowest BCUT2D eigenvalue weighted by Gasteiger charge is -2.31. The van der Waals surface area contributed by atoms with E-state index in [9.17, 15) is 13.2 Å². The second kappa shape index (κ2) is 8.55. The molecule has 0 saturated carbocycles. The van der Waals surface area contributed by atoms with Crippen molar-refractivity contribution in [2.75, 3.05) is 18.4 Å². The molecule has 1 aromatic heterocycles. The summed E-state index contributed by atoms with van der Waals surface area (Å²) in [6.07, 6.45) is 2.62. The standard InChI is InChI=1S/C21H26BrN3O4S/c1-21(2,3)11-20(26)25-8-7-17-14(13-25)9-16(12-23-17)24-30(27,28)19-10-15(22)5-6-18(19)29-4/h5-6,9-10,12,24H,7-8,11,13H2,1-4H3. The highest BCUT2D eigenvalue weighted by molar-refractivity contribution is 9.10. The number of benzene rings is 1. The topological polar surface area (TPSA) is 88.6 Å². The van der Waals surface area contributed by atoms with Gasteiger partial charge in [-0.05, 0) is 35.2 Å². The Bertz CT molecular complexity index is 1060. The molecular formula is C21H26BrN3O4S. The van der Waals surface area contributed by atoms with Crippen LogP contribution in [0.3, 0.4) is 0 Å². The first-order chi connectivity index (χ1) is 14.0. The molecule has 1 aliphatic rings. The molecule has 0 atom stereocenters. The number of anilines is 1. The number of nitrogens with zero attached hydrogens (tertiary/aromatic N) is 2. The SMILES string of the molecule is COc1ccc(Br)cc1S(=O)(=O)Nc1cnc2c(c1)CN(C(=O)CC(C)(C)C)CC2. The first-order valence-electron chi connectivity index (χ1n) is 9.60. The molecule has 30 heavy (non-hydrogen) atoms. The number of carbonyl (C=O) groups is 1. The predicted octanol–water partition coefficient (Wildman–Crippen LogP) is 3.97. The molecule has 2 heterocycles. The Morgan fingerprint density at radius 3 is 2.70 bits per heavy atom. The molecule has 0 bridgehead atoms. The van der Waals surface area contributed by atoms with E-state index in [-0.39, 0.29) is 22.0 Å². The van der Waals surface area contributed by atoms with Crippen molar-refractivity contribution < 1.29 is 17.9 Å². The van der Waals surface area contributed by atoms with Gasteiger partial charge in [0.25, 0.3) is 10.0 Å². The molecule has 0 spiro atoms. The molecule has 1 aliphatic heterocycles. The van der Waals surface area contributed by atoms with Gasteiger partial charge < -0.3 is 9.64 Å². The highest BCUT2D eigenvalue weighted by atomic mass is 79.9. The van der Waals surface area contributed by atoms with Gasteiger partial charge in [-0.25, -0.2) is 8.42 Å². The molecule has 7 nitrogen and oxygen atoms in total. The summed E-state index contributed by atoms with van der Waals surface area (Å²) in [5.41, 5.74) is 2.00. The maximum atomic E-state index is 12.9. The van der Waals surface area contributed by atoms with Crippen LogP contribution in [0.25, 0.3) is 0 Å². The molecule has 162 valence electrons. The number of amides is 1. The molecule has 3 rings (SSSR count). The van der Waals surface area contributed by atoms with E-state index < -0.39 is 10.0 Å². The quantitative estimate of drug-likeness (QED) is 0.677. The number of hydrogen-bond acceptors (Lipinski definition) is 5. The molecule has 0 unspecified atom stereocenters. The molecule has 1 N–H and O–H groups in total. The zero-order valence-electron chi connectivity index (χ0n) is 17.5. The Balaban J connectivity index is 1.83. The first-order valence-corrected chi connectivity index (χ1v) is 11.9. The number of ether oxygens (including phenoxy) is 1. The number of nitrogens with one attached hydrogen (secondary N) is 1. The second-order valence-electron chi connectivity index (χ2n) is 8.53. The van der Waals surface area contributed by atoms with Crippen LogP contribution in [0.15, 0.2) is 39.8 Å². The van der Waals surface area contributed by atoms with E-state index in [2.05, 4.69) is 25.6 Å². The van der Waals surface area contributed by atoms with E-state index in [4.69, 9.17) is 4.74 Å². The number of hydrogen-bond donors (Lipinski definition) is 1. The van der Waals surface area contributed by atoms with Crippen LogP contribution in [0.1, 0.15) is 38.4 Å². The van der Waals surface area contributed by atoms with Crippen LogP contribution in [0.5, 0.6) is 5.75 Å². The molecule has 9 heteroatoms. The largest absolute Gasteiger partial charge is 0.495 e. The van der Waals surface area contributed by atoms with Gasteiger partial charge >= 0.3 is 0 Å². The van der Waals surface area contributed by atoms with Crippen molar-refractivity contribution in [2.45, 2.75) is 45.1 Å².